The van der Waals surface area contributed by atoms with Gasteiger partial charge in [-0.1, -0.05) is 30.3 Å². The lowest BCUT2D eigenvalue weighted by Gasteiger charge is -2.17. The van der Waals surface area contributed by atoms with E-state index in [2.05, 4.69) is 22.4 Å². The monoisotopic (exact) mass is 339 g/mol. The van der Waals surface area contributed by atoms with Crippen molar-refractivity contribution in [3.05, 3.63) is 59.9 Å². The average molecular weight is 339 g/mol. The van der Waals surface area contributed by atoms with Crippen LogP contribution in [0.1, 0.15) is 22.5 Å². The molecule has 2 aromatic rings. The molecule has 3 rings (SSSR count). The van der Waals surface area contributed by atoms with Crippen LogP contribution in [-0.2, 0) is 11.2 Å². The highest BCUT2D eigenvalue weighted by Gasteiger charge is 2.29. The van der Waals surface area contributed by atoms with Crippen LogP contribution in [0, 0.1) is 5.92 Å². The van der Waals surface area contributed by atoms with Crippen LogP contribution in [0.15, 0.2) is 48.7 Å². The number of nitrogens with one attached hydrogen (secondary N) is 1. The van der Waals surface area contributed by atoms with Gasteiger partial charge < -0.3 is 15.3 Å². The fourth-order valence-electron chi connectivity index (χ4n) is 3.01. The Morgan fingerprint density at radius 2 is 2.04 bits per heavy atom. The summed E-state index contributed by atoms with van der Waals surface area (Å²) in [4.78, 5) is 29.9. The van der Waals surface area contributed by atoms with Gasteiger partial charge in [-0.05, 0) is 24.1 Å². The number of likely N-dealkylation sites (tertiary alicyclic amines) is 1. The molecular formula is C19H21N3O3. The molecule has 0 bridgehead atoms. The zero-order valence-corrected chi connectivity index (χ0v) is 13.9. The number of rotatable bonds is 6. The highest BCUT2D eigenvalue weighted by atomic mass is 16.3. The van der Waals surface area contributed by atoms with Crippen LogP contribution >= 0.6 is 0 Å². The minimum absolute atomic E-state index is 0.00718. The number of carbonyl (C=O) groups excluding carboxylic acids is 2. The van der Waals surface area contributed by atoms with Crippen LogP contribution in [0.4, 0.5) is 0 Å². The number of benzene rings is 1. The number of aromatic hydroxyl groups is 1. The molecule has 1 atom stereocenters. The quantitative estimate of drug-likeness (QED) is 0.838. The Morgan fingerprint density at radius 1 is 1.24 bits per heavy atom. The number of nitrogens with zero attached hydrogens (tertiary/aromatic N) is 2. The Labute approximate surface area is 146 Å². The lowest BCUT2D eigenvalue weighted by molar-refractivity contribution is -0.127. The van der Waals surface area contributed by atoms with E-state index in [0.717, 1.165) is 6.42 Å². The summed E-state index contributed by atoms with van der Waals surface area (Å²) in [5.74, 6) is -0.366. The van der Waals surface area contributed by atoms with Gasteiger partial charge in [-0.25, -0.2) is 4.98 Å². The van der Waals surface area contributed by atoms with Crippen molar-refractivity contribution >= 4 is 11.8 Å². The number of pyridine rings is 1. The molecule has 6 nitrogen and oxygen atoms in total. The molecule has 2 amide bonds. The van der Waals surface area contributed by atoms with E-state index in [1.165, 1.54) is 17.8 Å². The minimum atomic E-state index is -0.423. The third-order valence-corrected chi connectivity index (χ3v) is 4.36. The average Bonchev–Trinajstić information content (AvgIpc) is 2.99. The molecule has 1 unspecified atom stereocenters. The molecule has 1 fully saturated rings. The van der Waals surface area contributed by atoms with Crippen LogP contribution < -0.4 is 5.32 Å². The van der Waals surface area contributed by atoms with Crippen molar-refractivity contribution in [1.82, 2.24) is 15.2 Å². The molecule has 0 aliphatic carbocycles. The van der Waals surface area contributed by atoms with Crippen LogP contribution in [0.25, 0.3) is 0 Å². The van der Waals surface area contributed by atoms with Gasteiger partial charge in [-0.3, -0.25) is 9.59 Å². The van der Waals surface area contributed by atoms with E-state index in [1.54, 1.807) is 6.07 Å². The van der Waals surface area contributed by atoms with E-state index < -0.39 is 5.91 Å². The first-order chi connectivity index (χ1) is 12.1. The maximum Gasteiger partial charge on any atom is 0.273 e. The van der Waals surface area contributed by atoms with Gasteiger partial charge in [0.15, 0.2) is 5.69 Å². The van der Waals surface area contributed by atoms with Gasteiger partial charge in [0.1, 0.15) is 5.75 Å². The summed E-state index contributed by atoms with van der Waals surface area (Å²) in [6.07, 6.45) is 2.72. The largest absolute Gasteiger partial charge is 0.505 e. The van der Waals surface area contributed by atoms with Crippen LogP contribution in [0.3, 0.4) is 0 Å². The predicted molar refractivity (Wildman–Crippen MR) is 93.1 cm³/mol. The summed E-state index contributed by atoms with van der Waals surface area (Å²) in [5, 5.41) is 12.4. The van der Waals surface area contributed by atoms with E-state index >= 15 is 0 Å². The molecule has 1 aliphatic rings. The summed E-state index contributed by atoms with van der Waals surface area (Å²) in [7, 11) is 0. The zero-order valence-electron chi connectivity index (χ0n) is 13.9. The maximum atomic E-state index is 12.1. The highest BCUT2D eigenvalue weighted by molar-refractivity contribution is 5.94. The maximum absolute atomic E-state index is 12.1. The second-order valence-corrected chi connectivity index (χ2v) is 6.23. The van der Waals surface area contributed by atoms with Crippen molar-refractivity contribution in [3.63, 3.8) is 0 Å². The van der Waals surface area contributed by atoms with E-state index in [-0.39, 0.29) is 23.3 Å². The Kier molecular flexibility index (Phi) is 5.28. The van der Waals surface area contributed by atoms with Crippen molar-refractivity contribution in [3.8, 4) is 5.75 Å². The fraction of sp³-hybridized carbons (Fsp3) is 0.316. The van der Waals surface area contributed by atoms with Crippen LogP contribution in [0.2, 0.25) is 0 Å². The second-order valence-electron chi connectivity index (χ2n) is 6.23. The Balaban J connectivity index is 1.48. The van der Waals surface area contributed by atoms with Gasteiger partial charge in [0.25, 0.3) is 5.91 Å². The predicted octanol–water partition coefficient (Wildman–Crippen LogP) is 1.61. The van der Waals surface area contributed by atoms with Crippen molar-refractivity contribution in [2.45, 2.75) is 12.8 Å². The van der Waals surface area contributed by atoms with Crippen molar-refractivity contribution in [1.29, 1.82) is 0 Å². The van der Waals surface area contributed by atoms with E-state index in [0.29, 0.717) is 26.1 Å². The molecule has 0 saturated carbocycles. The minimum Gasteiger partial charge on any atom is -0.505 e. The smallest absolute Gasteiger partial charge is 0.273 e. The Hall–Kier alpha value is -2.89. The number of hydrogen-bond acceptors (Lipinski definition) is 4. The van der Waals surface area contributed by atoms with Crippen molar-refractivity contribution < 1.29 is 14.7 Å². The fourth-order valence-corrected chi connectivity index (χ4v) is 3.01. The number of carbonyl (C=O) groups is 2. The van der Waals surface area contributed by atoms with Gasteiger partial charge in [-0.2, -0.15) is 0 Å². The normalized spacial score (nSPS) is 16.9. The lowest BCUT2D eigenvalue weighted by Crippen LogP contribution is -2.32. The molecule has 130 valence electrons. The first-order valence-electron chi connectivity index (χ1n) is 8.37. The first-order valence-corrected chi connectivity index (χ1v) is 8.37. The van der Waals surface area contributed by atoms with Gasteiger partial charge in [-0.15, -0.1) is 0 Å². The lowest BCUT2D eigenvalue weighted by atomic mass is 10.1. The molecule has 1 saturated heterocycles. The molecule has 2 N–H and O–H groups in total. The molecule has 0 radical (unpaired) electrons. The summed E-state index contributed by atoms with van der Waals surface area (Å²) in [6, 6.07) is 13.1. The van der Waals surface area contributed by atoms with Crippen molar-refractivity contribution in [2.24, 2.45) is 5.92 Å². The molecule has 0 spiro atoms. The molecule has 6 heteroatoms. The molecule has 1 aliphatic heterocycles. The second kappa shape index (κ2) is 7.79. The summed E-state index contributed by atoms with van der Waals surface area (Å²) < 4.78 is 0. The SMILES string of the molecule is O=C(NCC1CC(=O)N(CCc2ccccc2)C1)c1ncccc1O. The van der Waals surface area contributed by atoms with Gasteiger partial charge >= 0.3 is 0 Å². The van der Waals surface area contributed by atoms with E-state index in [4.69, 9.17) is 0 Å². The number of hydrogen-bond donors (Lipinski definition) is 2. The molecule has 25 heavy (non-hydrogen) atoms. The van der Waals surface area contributed by atoms with Gasteiger partial charge in [0.2, 0.25) is 5.91 Å². The third-order valence-electron chi connectivity index (χ3n) is 4.36. The Bertz CT molecular complexity index is 749. The van der Waals surface area contributed by atoms with E-state index in [9.17, 15) is 14.7 Å². The van der Waals surface area contributed by atoms with Gasteiger partial charge in [0.05, 0.1) is 0 Å². The van der Waals surface area contributed by atoms with Crippen LogP contribution in [0.5, 0.6) is 5.75 Å². The summed E-state index contributed by atoms with van der Waals surface area (Å²) in [5.41, 5.74) is 1.21. The number of aromatic nitrogens is 1. The third kappa shape index (κ3) is 4.35. The summed E-state index contributed by atoms with van der Waals surface area (Å²) in [6.45, 7) is 1.72. The molecule has 1 aromatic heterocycles. The molecule has 1 aromatic carbocycles. The first kappa shape index (κ1) is 17.0. The number of amides is 2. The standard InChI is InChI=1S/C19H21N3O3/c23-16-7-4-9-20-18(16)19(25)21-12-15-11-17(24)22(13-15)10-8-14-5-2-1-3-6-14/h1-7,9,15,23H,8,10-13H2,(H,21,25). The zero-order chi connectivity index (χ0) is 17.6. The summed E-state index contributed by atoms with van der Waals surface area (Å²) >= 11 is 0. The van der Waals surface area contributed by atoms with Crippen molar-refractivity contribution in [2.75, 3.05) is 19.6 Å². The highest BCUT2D eigenvalue weighted by Crippen LogP contribution is 2.18. The molecular weight excluding hydrogens is 318 g/mol. The van der Waals surface area contributed by atoms with Gasteiger partial charge in [0, 0.05) is 38.2 Å². The molecule has 2 heterocycles. The topological polar surface area (TPSA) is 82.5 Å². The van der Waals surface area contributed by atoms with Crippen LogP contribution in [-0.4, -0.2) is 46.4 Å². The van der Waals surface area contributed by atoms with E-state index in [1.807, 2.05) is 23.1 Å². The Morgan fingerprint density at radius 3 is 2.80 bits per heavy atom.